The van der Waals surface area contributed by atoms with Crippen molar-refractivity contribution in [2.24, 2.45) is 0 Å². The van der Waals surface area contributed by atoms with Gasteiger partial charge in [0, 0.05) is 12.3 Å². The lowest BCUT2D eigenvalue weighted by atomic mass is 10.5. The highest BCUT2D eigenvalue weighted by molar-refractivity contribution is 6.80. The first-order valence-corrected chi connectivity index (χ1v) is 3.74. The van der Waals surface area contributed by atoms with Gasteiger partial charge in [0.05, 0.1) is 0 Å². The molecule has 7 heteroatoms. The molecule has 0 bridgehead atoms. The lowest BCUT2D eigenvalue weighted by Gasteiger charge is -2.00. The van der Waals surface area contributed by atoms with Gasteiger partial charge in [-0.25, -0.2) is 4.79 Å². The predicted molar refractivity (Wildman–Crippen MR) is 40.4 cm³/mol. The SMILES string of the molecule is O=C(CCCl)NOC(=O)C(=O)Cl. The van der Waals surface area contributed by atoms with Gasteiger partial charge in [0.15, 0.2) is 0 Å². The van der Waals surface area contributed by atoms with Gasteiger partial charge in [0.2, 0.25) is 0 Å². The van der Waals surface area contributed by atoms with Crippen LogP contribution in [0.1, 0.15) is 6.42 Å². The van der Waals surface area contributed by atoms with Crippen molar-refractivity contribution in [1.82, 2.24) is 5.48 Å². The molecule has 1 N–H and O–H groups in total. The van der Waals surface area contributed by atoms with Crippen molar-refractivity contribution >= 4 is 40.3 Å². The van der Waals surface area contributed by atoms with Crippen LogP contribution >= 0.6 is 23.2 Å². The average Bonchev–Trinajstić information content (AvgIpc) is 2.00. The van der Waals surface area contributed by atoms with Crippen LogP contribution in [0.5, 0.6) is 0 Å². The Kier molecular flexibility index (Phi) is 5.40. The van der Waals surface area contributed by atoms with E-state index in [-0.39, 0.29) is 12.3 Å². The molecule has 0 heterocycles. The van der Waals surface area contributed by atoms with Gasteiger partial charge in [-0.2, -0.15) is 5.48 Å². The van der Waals surface area contributed by atoms with Crippen molar-refractivity contribution in [1.29, 1.82) is 0 Å². The fourth-order valence-corrected chi connectivity index (χ4v) is 0.490. The second kappa shape index (κ2) is 5.79. The number of hydroxylamine groups is 1. The molecule has 12 heavy (non-hydrogen) atoms. The number of carbonyl (C=O) groups is 3. The molecular weight excluding hydrogens is 209 g/mol. The largest absolute Gasteiger partial charge is 0.415 e. The summed E-state index contributed by atoms with van der Waals surface area (Å²) in [6, 6.07) is 0. The maximum absolute atomic E-state index is 10.5. The molecule has 0 radical (unpaired) electrons. The Morgan fingerprint density at radius 3 is 2.33 bits per heavy atom. The van der Waals surface area contributed by atoms with E-state index in [2.05, 4.69) is 4.84 Å². The third kappa shape index (κ3) is 4.92. The minimum absolute atomic E-state index is 0.00862. The van der Waals surface area contributed by atoms with Crippen LogP contribution in [0.4, 0.5) is 0 Å². The van der Waals surface area contributed by atoms with Crippen LogP contribution < -0.4 is 5.48 Å². The molecule has 0 aromatic rings. The zero-order valence-electron chi connectivity index (χ0n) is 5.80. The molecule has 0 aliphatic heterocycles. The van der Waals surface area contributed by atoms with Gasteiger partial charge in [-0.05, 0) is 11.6 Å². The average molecular weight is 214 g/mol. The highest BCUT2D eigenvalue weighted by Gasteiger charge is 2.13. The first-order valence-electron chi connectivity index (χ1n) is 2.83. The van der Waals surface area contributed by atoms with E-state index in [0.717, 1.165) is 0 Å². The number of halogens is 2. The third-order valence-corrected chi connectivity index (χ3v) is 1.08. The zero-order chi connectivity index (χ0) is 9.56. The summed E-state index contributed by atoms with van der Waals surface area (Å²) in [6.07, 6.45) is -0.00862. The second-order valence-corrected chi connectivity index (χ2v) is 2.35. The first-order chi connectivity index (χ1) is 5.57. The third-order valence-electron chi connectivity index (χ3n) is 0.740. The Morgan fingerprint density at radius 2 is 1.92 bits per heavy atom. The number of rotatable bonds is 3. The number of nitrogens with one attached hydrogen (secondary N) is 1. The number of hydrogen-bond donors (Lipinski definition) is 1. The van der Waals surface area contributed by atoms with Crippen LogP contribution in [0, 0.1) is 0 Å². The normalized spacial score (nSPS) is 8.83. The Bertz CT molecular complexity index is 206. The first kappa shape index (κ1) is 11.2. The van der Waals surface area contributed by atoms with E-state index in [1.54, 1.807) is 5.48 Å². The molecule has 68 valence electrons. The van der Waals surface area contributed by atoms with Crippen LogP contribution in [0.15, 0.2) is 0 Å². The van der Waals surface area contributed by atoms with Crippen molar-refractivity contribution in [3.63, 3.8) is 0 Å². The second-order valence-electron chi connectivity index (χ2n) is 1.63. The number of alkyl halides is 1. The van der Waals surface area contributed by atoms with Gasteiger partial charge in [-0.15, -0.1) is 11.6 Å². The minimum atomic E-state index is -1.33. The van der Waals surface area contributed by atoms with E-state index in [9.17, 15) is 14.4 Å². The highest BCUT2D eigenvalue weighted by atomic mass is 35.5. The van der Waals surface area contributed by atoms with E-state index in [0.29, 0.717) is 0 Å². The molecule has 0 fully saturated rings. The predicted octanol–water partition coefficient (Wildman–Crippen LogP) is -0.0449. The van der Waals surface area contributed by atoms with Gasteiger partial charge >= 0.3 is 11.2 Å². The smallest absolute Gasteiger partial charge is 0.332 e. The molecule has 0 atom stereocenters. The monoisotopic (exact) mass is 213 g/mol. The number of carbonyl (C=O) groups excluding carboxylic acids is 3. The molecule has 0 aromatic heterocycles. The van der Waals surface area contributed by atoms with Crippen molar-refractivity contribution in [2.75, 3.05) is 5.88 Å². The van der Waals surface area contributed by atoms with Crippen LogP contribution in [0.25, 0.3) is 0 Å². The summed E-state index contributed by atoms with van der Waals surface area (Å²) >= 11 is 9.88. The molecule has 0 unspecified atom stereocenters. The Morgan fingerprint density at radius 1 is 1.33 bits per heavy atom. The summed E-state index contributed by atoms with van der Waals surface area (Å²) in [6.45, 7) is 0. The van der Waals surface area contributed by atoms with Crippen LogP contribution in [0.3, 0.4) is 0 Å². The Labute approximate surface area is 77.9 Å². The molecule has 0 aliphatic rings. The van der Waals surface area contributed by atoms with Crippen molar-refractivity contribution in [3.8, 4) is 0 Å². The summed E-state index contributed by atoms with van der Waals surface area (Å²) in [5.41, 5.74) is 1.69. The minimum Gasteiger partial charge on any atom is -0.332 e. The van der Waals surface area contributed by atoms with Gasteiger partial charge in [-0.1, -0.05) is 0 Å². The van der Waals surface area contributed by atoms with Gasteiger partial charge in [0.1, 0.15) is 0 Å². The summed E-state index contributed by atoms with van der Waals surface area (Å²) in [4.78, 5) is 34.8. The standard InChI is InChI=1S/C5H5Cl2NO4/c6-2-1-3(9)8-12-5(11)4(7)10/h1-2H2,(H,8,9). The van der Waals surface area contributed by atoms with E-state index < -0.39 is 17.1 Å². The Hall–Kier alpha value is -0.810. The van der Waals surface area contributed by atoms with Crippen LogP contribution in [0.2, 0.25) is 0 Å². The number of hydrogen-bond acceptors (Lipinski definition) is 4. The van der Waals surface area contributed by atoms with E-state index >= 15 is 0 Å². The molecule has 0 aromatic carbocycles. The highest BCUT2D eigenvalue weighted by Crippen LogP contribution is 1.86. The molecule has 1 amide bonds. The fourth-order valence-electron chi connectivity index (χ4n) is 0.280. The molecule has 0 saturated carbocycles. The maximum atomic E-state index is 10.5. The maximum Gasteiger partial charge on any atom is 0.415 e. The van der Waals surface area contributed by atoms with E-state index in [1.807, 2.05) is 0 Å². The van der Waals surface area contributed by atoms with Gasteiger partial charge < -0.3 is 4.84 Å². The molecule has 0 spiro atoms. The molecule has 0 aliphatic carbocycles. The summed E-state index contributed by atoms with van der Waals surface area (Å²) < 4.78 is 0. The van der Waals surface area contributed by atoms with E-state index in [4.69, 9.17) is 23.2 Å². The summed E-state index contributed by atoms with van der Waals surface area (Å²) in [7, 11) is 0. The van der Waals surface area contributed by atoms with Crippen molar-refractivity contribution < 1.29 is 19.2 Å². The van der Waals surface area contributed by atoms with Crippen molar-refractivity contribution in [3.05, 3.63) is 0 Å². The summed E-state index contributed by atoms with van der Waals surface area (Å²) in [5.74, 6) is -1.84. The fraction of sp³-hybridized carbons (Fsp3) is 0.400. The zero-order valence-corrected chi connectivity index (χ0v) is 7.31. The van der Waals surface area contributed by atoms with E-state index in [1.165, 1.54) is 0 Å². The molecule has 5 nitrogen and oxygen atoms in total. The van der Waals surface area contributed by atoms with Gasteiger partial charge in [-0.3, -0.25) is 9.59 Å². The van der Waals surface area contributed by atoms with Crippen LogP contribution in [-0.4, -0.2) is 23.0 Å². The van der Waals surface area contributed by atoms with Gasteiger partial charge in [0.25, 0.3) is 5.91 Å². The lowest BCUT2D eigenvalue weighted by Crippen LogP contribution is -2.29. The molecule has 0 saturated heterocycles. The number of amides is 1. The van der Waals surface area contributed by atoms with Crippen LogP contribution in [-0.2, 0) is 19.2 Å². The lowest BCUT2D eigenvalue weighted by molar-refractivity contribution is -0.161. The molecule has 0 rings (SSSR count). The topological polar surface area (TPSA) is 72.5 Å². The molecular formula is C5H5Cl2NO4. The summed E-state index contributed by atoms with van der Waals surface area (Å²) in [5, 5.41) is -1.30. The Balaban J connectivity index is 3.61. The quantitative estimate of drug-likeness (QED) is 0.309. The van der Waals surface area contributed by atoms with Crippen molar-refractivity contribution in [2.45, 2.75) is 6.42 Å².